The summed E-state index contributed by atoms with van der Waals surface area (Å²) in [5.74, 6) is -0.590. The third-order valence-electron chi connectivity index (χ3n) is 13.1. The van der Waals surface area contributed by atoms with Crippen LogP contribution >= 0.6 is 0 Å². The summed E-state index contributed by atoms with van der Waals surface area (Å²) in [4.78, 5) is 24.5. The van der Waals surface area contributed by atoms with Gasteiger partial charge in [-0.2, -0.15) is 0 Å². The number of allylic oxidation sites excluding steroid dienone is 8. The van der Waals surface area contributed by atoms with Crippen molar-refractivity contribution >= 4 is 11.9 Å². The molecule has 1 N–H and O–H groups in total. The van der Waals surface area contributed by atoms with Gasteiger partial charge in [0.1, 0.15) is 6.61 Å². The molecular weight excluding hydrogens is 813 g/mol. The van der Waals surface area contributed by atoms with E-state index in [1.165, 1.54) is 218 Å². The first kappa shape index (κ1) is 63.9. The molecule has 0 saturated heterocycles. The zero-order chi connectivity index (χ0) is 47.7. The van der Waals surface area contributed by atoms with E-state index in [-0.39, 0.29) is 25.2 Å². The molecule has 0 aliphatic heterocycles. The second-order valence-corrected chi connectivity index (χ2v) is 19.7. The predicted octanol–water partition coefficient (Wildman–Crippen LogP) is 19.6. The Morgan fingerprint density at radius 2 is 0.652 bits per heavy atom. The highest BCUT2D eigenvalue weighted by atomic mass is 16.6. The molecule has 5 nitrogen and oxygen atoms in total. The summed E-state index contributed by atoms with van der Waals surface area (Å²) in [5.41, 5.74) is 0. The molecule has 5 heteroatoms. The monoisotopic (exact) mass is 925 g/mol. The van der Waals surface area contributed by atoms with Gasteiger partial charge in [-0.3, -0.25) is 9.59 Å². The topological polar surface area (TPSA) is 72.8 Å². The van der Waals surface area contributed by atoms with Crippen LogP contribution in [0.1, 0.15) is 309 Å². The molecular formula is C61H112O5. The van der Waals surface area contributed by atoms with E-state index in [4.69, 9.17) is 9.47 Å². The van der Waals surface area contributed by atoms with Crippen LogP contribution < -0.4 is 0 Å². The summed E-state index contributed by atoms with van der Waals surface area (Å²) in [6.07, 6.45) is 75.4. The second-order valence-electron chi connectivity index (χ2n) is 19.7. The van der Waals surface area contributed by atoms with Gasteiger partial charge in [0.2, 0.25) is 0 Å². The van der Waals surface area contributed by atoms with Crippen molar-refractivity contribution in [2.24, 2.45) is 0 Å². The first-order chi connectivity index (χ1) is 32.6. The normalized spacial score (nSPS) is 12.5. The van der Waals surface area contributed by atoms with Crippen LogP contribution in [-0.2, 0) is 19.1 Å². The van der Waals surface area contributed by atoms with Crippen LogP contribution in [0.4, 0.5) is 0 Å². The van der Waals surface area contributed by atoms with Crippen LogP contribution in [0.15, 0.2) is 48.6 Å². The maximum absolute atomic E-state index is 12.3. The van der Waals surface area contributed by atoms with E-state index in [1.54, 1.807) is 0 Å². The molecule has 0 aliphatic carbocycles. The van der Waals surface area contributed by atoms with Gasteiger partial charge >= 0.3 is 11.9 Å². The minimum Gasteiger partial charge on any atom is -0.462 e. The predicted molar refractivity (Wildman–Crippen MR) is 288 cm³/mol. The SMILES string of the molecule is CC/C=C\C/C=C\C/C=C\CCCCCCCCCC(=O)OC(CO)COC(=O)CCCCCCCCCCCCCCCCCCCCCCCCC/C=C\CCCCCCCCCC. The van der Waals surface area contributed by atoms with Crippen molar-refractivity contribution in [1.82, 2.24) is 0 Å². The summed E-state index contributed by atoms with van der Waals surface area (Å²) < 4.78 is 10.7. The molecule has 0 aromatic heterocycles. The highest BCUT2D eigenvalue weighted by Gasteiger charge is 2.16. The lowest BCUT2D eigenvalue weighted by atomic mass is 10.0. The summed E-state index contributed by atoms with van der Waals surface area (Å²) in [6, 6.07) is 0. The lowest BCUT2D eigenvalue weighted by Crippen LogP contribution is -2.28. The van der Waals surface area contributed by atoms with Crippen molar-refractivity contribution in [3.8, 4) is 0 Å². The molecule has 386 valence electrons. The van der Waals surface area contributed by atoms with Gasteiger partial charge in [0, 0.05) is 12.8 Å². The number of hydrogen-bond donors (Lipinski definition) is 1. The van der Waals surface area contributed by atoms with E-state index in [9.17, 15) is 14.7 Å². The van der Waals surface area contributed by atoms with Gasteiger partial charge in [-0.15, -0.1) is 0 Å². The summed E-state index contributed by atoms with van der Waals surface area (Å²) in [6.45, 7) is 4.05. The van der Waals surface area contributed by atoms with Crippen molar-refractivity contribution in [1.29, 1.82) is 0 Å². The zero-order valence-electron chi connectivity index (χ0n) is 44.2. The number of esters is 2. The number of ether oxygens (including phenoxy) is 2. The molecule has 0 fully saturated rings. The quantitative estimate of drug-likeness (QED) is 0.0374. The number of carbonyl (C=O) groups is 2. The molecule has 0 amide bonds. The molecule has 0 aromatic rings. The third-order valence-corrected chi connectivity index (χ3v) is 13.1. The Morgan fingerprint density at radius 1 is 0.364 bits per heavy atom. The average Bonchev–Trinajstić information content (AvgIpc) is 3.32. The average molecular weight is 926 g/mol. The van der Waals surface area contributed by atoms with Gasteiger partial charge in [0.25, 0.3) is 0 Å². The number of rotatable bonds is 54. The fourth-order valence-corrected chi connectivity index (χ4v) is 8.74. The lowest BCUT2D eigenvalue weighted by Gasteiger charge is -2.15. The fraction of sp³-hybridized carbons (Fsp3) is 0.836. The number of aliphatic hydroxyl groups excluding tert-OH is 1. The maximum Gasteiger partial charge on any atom is 0.306 e. The van der Waals surface area contributed by atoms with Gasteiger partial charge < -0.3 is 14.6 Å². The number of unbranched alkanes of at least 4 members (excludes halogenated alkanes) is 38. The minimum atomic E-state index is -0.777. The first-order valence-electron chi connectivity index (χ1n) is 29.2. The van der Waals surface area contributed by atoms with Gasteiger partial charge in [-0.25, -0.2) is 0 Å². The van der Waals surface area contributed by atoms with Gasteiger partial charge in [-0.1, -0.05) is 274 Å². The molecule has 0 bridgehead atoms. The highest BCUT2D eigenvalue weighted by Crippen LogP contribution is 2.17. The Balaban J connectivity index is 3.39. The second kappa shape index (κ2) is 57.2. The molecule has 0 aliphatic rings. The van der Waals surface area contributed by atoms with Gasteiger partial charge in [-0.05, 0) is 70.6 Å². The minimum absolute atomic E-state index is 0.0673. The molecule has 1 unspecified atom stereocenters. The Morgan fingerprint density at radius 3 is 1.00 bits per heavy atom. The van der Waals surface area contributed by atoms with Crippen LogP contribution in [0.25, 0.3) is 0 Å². The first-order valence-corrected chi connectivity index (χ1v) is 29.2. The molecule has 0 saturated carbocycles. The Hall–Kier alpha value is -2.14. The van der Waals surface area contributed by atoms with Crippen LogP contribution in [0.5, 0.6) is 0 Å². The largest absolute Gasteiger partial charge is 0.462 e. The molecule has 0 aromatic carbocycles. The van der Waals surface area contributed by atoms with Crippen LogP contribution in [-0.4, -0.2) is 36.4 Å². The van der Waals surface area contributed by atoms with Gasteiger partial charge in [0.05, 0.1) is 6.61 Å². The van der Waals surface area contributed by atoms with E-state index in [2.05, 4.69) is 62.5 Å². The fourth-order valence-electron chi connectivity index (χ4n) is 8.74. The number of hydrogen-bond acceptors (Lipinski definition) is 5. The smallest absolute Gasteiger partial charge is 0.306 e. The Bertz CT molecular complexity index is 1090. The maximum atomic E-state index is 12.3. The summed E-state index contributed by atoms with van der Waals surface area (Å²) in [7, 11) is 0. The van der Waals surface area contributed by atoms with Crippen molar-refractivity contribution in [3.63, 3.8) is 0 Å². The van der Waals surface area contributed by atoms with E-state index in [0.29, 0.717) is 12.8 Å². The Labute approximate surface area is 411 Å². The molecule has 1 atom stereocenters. The molecule has 0 heterocycles. The number of carbonyl (C=O) groups excluding carboxylic acids is 2. The van der Waals surface area contributed by atoms with Crippen LogP contribution in [0.3, 0.4) is 0 Å². The van der Waals surface area contributed by atoms with Crippen molar-refractivity contribution in [3.05, 3.63) is 48.6 Å². The highest BCUT2D eigenvalue weighted by molar-refractivity contribution is 5.70. The Kier molecular flexibility index (Phi) is 55.3. The van der Waals surface area contributed by atoms with Crippen molar-refractivity contribution in [2.75, 3.05) is 13.2 Å². The molecule has 0 radical (unpaired) electrons. The van der Waals surface area contributed by atoms with Crippen LogP contribution in [0.2, 0.25) is 0 Å². The van der Waals surface area contributed by atoms with Gasteiger partial charge in [0.15, 0.2) is 6.10 Å². The number of aliphatic hydroxyl groups is 1. The standard InChI is InChI=1S/C61H112O5/c1-3-5-7-9-11-13-15-17-19-21-22-23-24-25-26-27-28-29-30-31-32-33-34-35-36-37-38-40-41-43-45-47-49-51-53-55-60(63)65-58-59(57-62)66-61(64)56-54-52-50-48-46-44-42-39-20-18-16-14-12-10-8-6-4-2/h6,8,12,14,18,20-22,59,62H,3-5,7,9-11,13,15-17,19,23-58H2,1-2H3/b8-6-,14-12-,20-18-,22-21-. The zero-order valence-corrected chi connectivity index (χ0v) is 44.2. The van der Waals surface area contributed by atoms with E-state index >= 15 is 0 Å². The molecule has 0 rings (SSSR count). The van der Waals surface area contributed by atoms with Crippen LogP contribution in [0, 0.1) is 0 Å². The molecule has 66 heavy (non-hydrogen) atoms. The molecule has 0 spiro atoms. The summed E-state index contributed by atoms with van der Waals surface area (Å²) in [5, 5.41) is 9.63. The van der Waals surface area contributed by atoms with E-state index in [0.717, 1.165) is 64.2 Å². The van der Waals surface area contributed by atoms with E-state index < -0.39 is 6.10 Å². The summed E-state index contributed by atoms with van der Waals surface area (Å²) >= 11 is 0. The third kappa shape index (κ3) is 54.5. The van der Waals surface area contributed by atoms with Crippen molar-refractivity contribution in [2.45, 2.75) is 315 Å². The van der Waals surface area contributed by atoms with E-state index in [1.807, 2.05) is 0 Å². The van der Waals surface area contributed by atoms with Crippen molar-refractivity contribution < 1.29 is 24.2 Å². The lowest BCUT2D eigenvalue weighted by molar-refractivity contribution is -0.161.